The van der Waals surface area contributed by atoms with Crippen molar-refractivity contribution in [3.63, 3.8) is 0 Å². The lowest BCUT2D eigenvalue weighted by Crippen LogP contribution is -2.38. The zero-order valence-electron chi connectivity index (χ0n) is 19.2. The standard InChI is InChI=1S/C24H15Cl3F6N4OS/c25-17-7-13(8-18(26)20(17)27)22(24(31,32)33)9-19(37-39-22)16-6-5-12(14-3-1-2-4-15(14)16)10-35-36-21(38)34-11-23(28,29)30/h1-8,10H,9,11H2,(H2,34,36,38)/b35-10+. The Morgan fingerprint density at radius 1 is 1.03 bits per heavy atom. The van der Waals surface area contributed by atoms with E-state index < -0.39 is 36.1 Å². The van der Waals surface area contributed by atoms with Crippen molar-refractivity contribution < 1.29 is 31.1 Å². The third-order valence-electron chi connectivity index (χ3n) is 5.72. The van der Waals surface area contributed by atoms with Crippen molar-refractivity contribution in [3.05, 3.63) is 80.3 Å². The highest BCUT2D eigenvalue weighted by Gasteiger charge is 2.60. The van der Waals surface area contributed by atoms with Gasteiger partial charge in [-0.25, -0.2) is 14.6 Å². The number of halogens is 9. The van der Waals surface area contributed by atoms with E-state index in [2.05, 4.69) is 9.50 Å². The monoisotopic (exact) mass is 626 g/mol. The third kappa shape index (κ3) is 6.24. The van der Waals surface area contributed by atoms with Gasteiger partial charge in [0.15, 0.2) is 4.75 Å². The van der Waals surface area contributed by atoms with Gasteiger partial charge in [0.2, 0.25) is 0 Å². The first-order chi connectivity index (χ1) is 18.2. The molecule has 2 N–H and O–H groups in total. The molecule has 0 fully saturated rings. The second-order valence-electron chi connectivity index (χ2n) is 8.30. The summed E-state index contributed by atoms with van der Waals surface area (Å²) >= 11 is 18.4. The van der Waals surface area contributed by atoms with Crippen molar-refractivity contribution in [1.82, 2.24) is 10.7 Å². The number of benzene rings is 3. The molecule has 4 rings (SSSR count). The predicted molar refractivity (Wildman–Crippen MR) is 142 cm³/mol. The van der Waals surface area contributed by atoms with Crippen LogP contribution in [-0.2, 0) is 4.75 Å². The molecule has 1 unspecified atom stereocenters. The van der Waals surface area contributed by atoms with Gasteiger partial charge in [-0.15, -0.1) is 0 Å². The highest BCUT2D eigenvalue weighted by atomic mass is 35.5. The Morgan fingerprint density at radius 3 is 2.28 bits per heavy atom. The molecule has 0 saturated heterocycles. The molecule has 206 valence electrons. The van der Waals surface area contributed by atoms with Crippen LogP contribution in [0.3, 0.4) is 0 Å². The fraction of sp³-hybridized carbons (Fsp3) is 0.208. The fourth-order valence-electron chi connectivity index (χ4n) is 3.90. The average Bonchev–Trinajstić information content (AvgIpc) is 3.32. The summed E-state index contributed by atoms with van der Waals surface area (Å²) in [5.74, 6) is 0. The molecule has 5 nitrogen and oxygen atoms in total. The lowest BCUT2D eigenvalue weighted by atomic mass is 9.87. The highest BCUT2D eigenvalue weighted by Crippen LogP contribution is 2.57. The Morgan fingerprint density at radius 2 is 1.67 bits per heavy atom. The molecule has 0 saturated carbocycles. The molecule has 0 spiro atoms. The second-order valence-corrected chi connectivity index (χ2v) is 10.6. The van der Waals surface area contributed by atoms with Gasteiger partial charge in [0.05, 0.1) is 27.0 Å². The van der Waals surface area contributed by atoms with Crippen LogP contribution in [0.4, 0.5) is 31.1 Å². The van der Waals surface area contributed by atoms with Crippen molar-refractivity contribution in [2.24, 2.45) is 9.50 Å². The van der Waals surface area contributed by atoms with E-state index in [1.54, 1.807) is 41.7 Å². The Bertz CT molecular complexity index is 1470. The Kier molecular flexibility index (Phi) is 8.32. The molecule has 3 aromatic carbocycles. The van der Waals surface area contributed by atoms with Gasteiger partial charge in [-0.3, -0.25) is 0 Å². The van der Waals surface area contributed by atoms with Gasteiger partial charge in [0.1, 0.15) is 6.54 Å². The lowest BCUT2D eigenvalue weighted by Gasteiger charge is -2.30. The van der Waals surface area contributed by atoms with Crippen LogP contribution >= 0.6 is 46.8 Å². The number of hydrazone groups is 1. The van der Waals surface area contributed by atoms with Crippen LogP contribution < -0.4 is 10.7 Å². The Hall–Kier alpha value is -2.67. The molecule has 1 aliphatic heterocycles. The van der Waals surface area contributed by atoms with E-state index in [9.17, 15) is 31.1 Å². The number of alkyl halides is 6. The molecule has 0 bridgehead atoms. The van der Waals surface area contributed by atoms with E-state index in [0.29, 0.717) is 33.8 Å². The van der Waals surface area contributed by atoms with Crippen LogP contribution in [0.2, 0.25) is 15.1 Å². The summed E-state index contributed by atoms with van der Waals surface area (Å²) in [6, 6.07) is 10.9. The molecule has 1 aliphatic rings. The van der Waals surface area contributed by atoms with Crippen molar-refractivity contribution >= 4 is 75.5 Å². The van der Waals surface area contributed by atoms with Crippen molar-refractivity contribution in [2.75, 3.05) is 6.54 Å². The maximum Gasteiger partial charge on any atom is 0.409 e. The summed E-state index contributed by atoms with van der Waals surface area (Å²) in [5, 5.41) is 6.09. The van der Waals surface area contributed by atoms with E-state index in [1.165, 1.54) is 6.21 Å². The van der Waals surface area contributed by atoms with Crippen LogP contribution in [-0.4, -0.2) is 36.9 Å². The van der Waals surface area contributed by atoms with Gasteiger partial charge < -0.3 is 5.32 Å². The number of carbonyl (C=O) groups excluding carboxylic acids is 1. The largest absolute Gasteiger partial charge is 0.409 e. The number of fused-ring (bicyclic) bond motifs is 1. The predicted octanol–water partition coefficient (Wildman–Crippen LogP) is 8.29. The first kappa shape index (κ1) is 29.3. The first-order valence-corrected chi connectivity index (χ1v) is 12.7. The van der Waals surface area contributed by atoms with Gasteiger partial charge in [0, 0.05) is 17.5 Å². The minimum atomic E-state index is -4.73. The van der Waals surface area contributed by atoms with Crippen LogP contribution in [0.1, 0.15) is 23.1 Å². The summed E-state index contributed by atoms with van der Waals surface area (Å²) in [5.41, 5.74) is 2.80. The molecule has 2 amide bonds. The second kappa shape index (κ2) is 11.1. The van der Waals surface area contributed by atoms with Crippen LogP contribution in [0.5, 0.6) is 0 Å². The topological polar surface area (TPSA) is 65.8 Å². The SMILES string of the molecule is O=C(NCC(F)(F)F)N/N=C/c1ccc(C2=NSC(c3cc(Cl)c(Cl)c(Cl)c3)(C(F)(F)F)C2)c2ccccc12. The smallest absolute Gasteiger partial charge is 0.328 e. The molecule has 3 aromatic rings. The van der Waals surface area contributed by atoms with Gasteiger partial charge in [-0.1, -0.05) is 71.2 Å². The lowest BCUT2D eigenvalue weighted by molar-refractivity contribution is -0.159. The summed E-state index contributed by atoms with van der Waals surface area (Å²) in [6.45, 7) is -1.53. The maximum atomic E-state index is 14.5. The fourth-order valence-corrected chi connectivity index (χ4v) is 5.46. The highest BCUT2D eigenvalue weighted by molar-refractivity contribution is 7.99. The molecule has 39 heavy (non-hydrogen) atoms. The number of nitrogens with one attached hydrogen (secondary N) is 2. The molecule has 0 aromatic heterocycles. The number of rotatable bonds is 5. The summed E-state index contributed by atoms with van der Waals surface area (Å²) in [6.07, 6.45) is -8.62. The summed E-state index contributed by atoms with van der Waals surface area (Å²) < 4.78 is 82.0. The van der Waals surface area contributed by atoms with E-state index in [-0.39, 0.29) is 26.3 Å². The number of hydrogen-bond donors (Lipinski definition) is 2. The number of amides is 2. The minimum Gasteiger partial charge on any atom is -0.328 e. The zero-order chi connectivity index (χ0) is 28.6. The van der Waals surface area contributed by atoms with Crippen molar-refractivity contribution in [3.8, 4) is 0 Å². The van der Waals surface area contributed by atoms with Crippen LogP contribution in [0.25, 0.3) is 10.8 Å². The molecule has 15 heteroatoms. The molecular weight excluding hydrogens is 613 g/mol. The maximum absolute atomic E-state index is 14.5. The van der Waals surface area contributed by atoms with Gasteiger partial charge >= 0.3 is 18.4 Å². The van der Waals surface area contributed by atoms with Crippen LogP contribution in [0, 0.1) is 0 Å². The zero-order valence-corrected chi connectivity index (χ0v) is 22.3. The summed E-state index contributed by atoms with van der Waals surface area (Å²) in [4.78, 5) is 11.5. The van der Waals surface area contributed by atoms with E-state index in [4.69, 9.17) is 34.8 Å². The minimum absolute atomic E-state index is 0.0564. The van der Waals surface area contributed by atoms with Crippen molar-refractivity contribution in [2.45, 2.75) is 23.5 Å². The first-order valence-electron chi connectivity index (χ1n) is 10.8. The molecule has 0 radical (unpaired) electrons. The average molecular weight is 628 g/mol. The number of hydrogen-bond acceptors (Lipinski definition) is 4. The van der Waals surface area contributed by atoms with Gasteiger partial charge in [0.25, 0.3) is 0 Å². The number of urea groups is 1. The van der Waals surface area contributed by atoms with E-state index >= 15 is 0 Å². The molecule has 1 atom stereocenters. The number of nitrogens with zero attached hydrogens (tertiary/aromatic N) is 2. The quantitative estimate of drug-likeness (QED) is 0.0983. The van der Waals surface area contributed by atoms with Crippen molar-refractivity contribution in [1.29, 1.82) is 0 Å². The van der Waals surface area contributed by atoms with E-state index in [0.717, 1.165) is 12.1 Å². The van der Waals surface area contributed by atoms with Gasteiger partial charge in [-0.05, 0) is 40.4 Å². The molecular formula is C24H15Cl3F6N4OS. The van der Waals surface area contributed by atoms with Gasteiger partial charge in [-0.2, -0.15) is 31.4 Å². The molecule has 1 heterocycles. The Balaban J connectivity index is 1.64. The Labute approximate surface area is 236 Å². The van der Waals surface area contributed by atoms with Crippen LogP contribution in [0.15, 0.2) is 58.0 Å². The molecule has 0 aliphatic carbocycles. The normalized spacial score (nSPS) is 18.0. The summed E-state index contributed by atoms with van der Waals surface area (Å²) in [7, 11) is 0. The third-order valence-corrected chi connectivity index (χ3v) is 8.16. The number of carbonyl (C=O) groups is 1. The van der Waals surface area contributed by atoms with E-state index in [1.807, 2.05) is 5.43 Å².